The summed E-state index contributed by atoms with van der Waals surface area (Å²) in [6, 6.07) is 13.3. The van der Waals surface area contributed by atoms with Crippen LogP contribution < -0.4 is 26.4 Å². The number of likely N-dealkylation sites (N-methyl/N-ethyl adjacent to an activating group) is 1. The van der Waals surface area contributed by atoms with Crippen LogP contribution in [-0.4, -0.2) is 177 Å². The lowest BCUT2D eigenvalue weighted by molar-refractivity contribution is -0.140. The number of piperazine rings is 2. The third kappa shape index (κ3) is 14.8. The fourth-order valence-corrected chi connectivity index (χ4v) is 8.33. The van der Waals surface area contributed by atoms with Gasteiger partial charge in [-0.15, -0.1) is 0 Å². The van der Waals surface area contributed by atoms with Crippen LogP contribution in [0.25, 0.3) is 11.1 Å². The number of aliphatic hydroxyl groups is 1. The highest BCUT2D eigenvalue weighted by Gasteiger charge is 2.38. The molecule has 0 saturated carbocycles. The molecular weight excluding hydrogens is 876 g/mol. The Hall–Kier alpha value is -5.38. The number of carbonyl (C=O) groups excluding carboxylic acids is 4. The first kappa shape index (κ1) is 51.0. The number of ether oxygens (including phenoxy) is 2. The molecule has 0 bridgehead atoms. The van der Waals surface area contributed by atoms with Gasteiger partial charge in [0, 0.05) is 97.3 Å². The zero-order chi connectivity index (χ0) is 48.3. The van der Waals surface area contributed by atoms with Gasteiger partial charge < -0.3 is 50.2 Å². The molecule has 0 aliphatic carbocycles. The van der Waals surface area contributed by atoms with Crippen molar-refractivity contribution in [3.05, 3.63) is 81.8 Å². The molecule has 3 aromatic rings. The summed E-state index contributed by atoms with van der Waals surface area (Å²) in [6.07, 6.45) is -4.15. The molecule has 4 heterocycles. The summed E-state index contributed by atoms with van der Waals surface area (Å²) in [5, 5.41) is 18.2. The summed E-state index contributed by atoms with van der Waals surface area (Å²) < 4.78 is 52.5. The van der Waals surface area contributed by atoms with E-state index in [0.717, 1.165) is 62.2 Å². The summed E-state index contributed by atoms with van der Waals surface area (Å²) in [5.41, 5.74) is 0.297. The number of pyridine rings is 1. The lowest BCUT2D eigenvalue weighted by atomic mass is 9.85. The van der Waals surface area contributed by atoms with Crippen molar-refractivity contribution < 1.29 is 46.9 Å². The molecule has 2 aromatic carbocycles. The van der Waals surface area contributed by atoms with E-state index in [4.69, 9.17) is 9.47 Å². The Morgan fingerprint density at radius 2 is 1.52 bits per heavy atom. The first-order valence-corrected chi connectivity index (χ1v) is 22.8. The maximum atomic E-state index is 13.9. The molecule has 0 radical (unpaired) electrons. The quantitative estimate of drug-likeness (QED) is 0.117. The minimum absolute atomic E-state index is 0.0881. The van der Waals surface area contributed by atoms with E-state index >= 15 is 0 Å². The van der Waals surface area contributed by atoms with E-state index < -0.39 is 52.2 Å². The molecular formula is C47H64F3N9O8. The Bertz CT molecular complexity index is 2240. The normalized spacial score (nSPS) is 18.2. The van der Waals surface area contributed by atoms with Gasteiger partial charge in [0.1, 0.15) is 19.3 Å². The smallest absolute Gasteiger partial charge is 0.391 e. The molecule has 0 spiro atoms. The lowest BCUT2D eigenvalue weighted by Crippen LogP contribution is -2.55. The first-order valence-electron chi connectivity index (χ1n) is 22.8. The number of aromatic nitrogens is 1. The Kier molecular flexibility index (Phi) is 17.6. The van der Waals surface area contributed by atoms with Crippen LogP contribution in [0.3, 0.4) is 0 Å². The molecule has 20 heteroatoms. The minimum atomic E-state index is -4.90. The second-order valence-electron chi connectivity index (χ2n) is 18.5. The van der Waals surface area contributed by atoms with Gasteiger partial charge in [0.25, 0.3) is 5.91 Å². The van der Waals surface area contributed by atoms with Crippen LogP contribution >= 0.6 is 0 Å². The molecule has 2 atom stereocenters. The van der Waals surface area contributed by atoms with Gasteiger partial charge in [-0.2, -0.15) is 13.2 Å². The predicted octanol–water partition coefficient (Wildman–Crippen LogP) is 2.46. The third-order valence-corrected chi connectivity index (χ3v) is 12.2. The maximum Gasteiger partial charge on any atom is 0.417 e. The molecule has 0 unspecified atom stereocenters. The van der Waals surface area contributed by atoms with Crippen molar-refractivity contribution in [2.45, 2.75) is 52.1 Å². The average molecular weight is 940 g/mol. The van der Waals surface area contributed by atoms with E-state index in [1.165, 1.54) is 0 Å². The SMILES string of the molecule is CN1CCN(c2ccc(-c3cccc(CN4CCN(CCNC(=O)COCCOCC(=O)N[C@H](C(=O)N5CC[C@@H](O)C5)C(C)(C)C)CC4)c3)cc2NC(=O)c2c[nH]c(=O)cc2C(F)(F)F)CC1. The maximum absolute atomic E-state index is 13.9. The van der Waals surface area contributed by atoms with Crippen LogP contribution in [0.4, 0.5) is 24.5 Å². The van der Waals surface area contributed by atoms with Gasteiger partial charge in [-0.25, -0.2) is 0 Å². The number of anilines is 2. The zero-order valence-electron chi connectivity index (χ0n) is 38.8. The molecule has 3 aliphatic rings. The van der Waals surface area contributed by atoms with E-state index in [0.29, 0.717) is 63.1 Å². The fraction of sp³-hybridized carbons (Fsp3) is 0.553. The number of rotatable bonds is 18. The van der Waals surface area contributed by atoms with Gasteiger partial charge in [-0.3, -0.25) is 33.8 Å². The number of likely N-dealkylation sites (tertiary alicyclic amines) is 1. The number of benzene rings is 2. The monoisotopic (exact) mass is 939 g/mol. The number of halogens is 3. The predicted molar refractivity (Wildman–Crippen MR) is 247 cm³/mol. The molecule has 67 heavy (non-hydrogen) atoms. The van der Waals surface area contributed by atoms with E-state index in [1.807, 2.05) is 58.2 Å². The van der Waals surface area contributed by atoms with Crippen molar-refractivity contribution in [2.24, 2.45) is 5.41 Å². The summed E-state index contributed by atoms with van der Waals surface area (Å²) >= 11 is 0. The number of H-pyrrole nitrogens is 1. The Balaban J connectivity index is 0.921. The second-order valence-corrected chi connectivity index (χ2v) is 18.5. The highest BCUT2D eigenvalue weighted by atomic mass is 19.4. The molecule has 6 rings (SSSR count). The summed E-state index contributed by atoms with van der Waals surface area (Å²) in [5.74, 6) is -1.92. The van der Waals surface area contributed by atoms with E-state index in [-0.39, 0.29) is 44.8 Å². The van der Waals surface area contributed by atoms with E-state index in [2.05, 4.69) is 46.6 Å². The molecule has 3 saturated heterocycles. The number of amides is 4. The highest BCUT2D eigenvalue weighted by Crippen LogP contribution is 2.35. The summed E-state index contributed by atoms with van der Waals surface area (Å²) in [4.78, 5) is 75.9. The number of hydrogen-bond donors (Lipinski definition) is 5. The fourth-order valence-electron chi connectivity index (χ4n) is 8.33. The van der Waals surface area contributed by atoms with Crippen molar-refractivity contribution in [1.82, 2.24) is 35.2 Å². The molecule has 3 aliphatic heterocycles. The zero-order valence-corrected chi connectivity index (χ0v) is 38.8. The van der Waals surface area contributed by atoms with E-state index in [9.17, 15) is 42.3 Å². The Morgan fingerprint density at radius 1 is 0.851 bits per heavy atom. The number of aromatic amines is 1. The number of β-amino-alcohol motifs (C(OH)–C–C–N with tert-alkyl or cyclic N) is 1. The molecule has 4 amide bonds. The van der Waals surface area contributed by atoms with Gasteiger partial charge in [0.05, 0.1) is 41.8 Å². The molecule has 17 nitrogen and oxygen atoms in total. The van der Waals surface area contributed by atoms with Crippen molar-refractivity contribution in [3.63, 3.8) is 0 Å². The standard InChI is InChI=1S/C47H64F3N9O8/c1-46(2,3)43(45(65)59-12-10-35(60)29-59)54-42(63)31-67-23-22-66-30-41(62)51-11-13-56-16-18-57(19-17-56)28-32-6-5-7-33(24-32)34-8-9-39(58-20-14-55(4)15-21-58)38(25-34)53-44(64)36-27-52-40(61)26-37(36)47(48,49)50/h5-9,24-27,35,43,60H,10-23,28-31H2,1-4H3,(H,51,62)(H,52,61)(H,53,64)(H,54,63)/t35-,43-/m1/s1. The topological polar surface area (TPSA) is 192 Å². The van der Waals surface area contributed by atoms with Crippen molar-refractivity contribution in [3.8, 4) is 11.1 Å². The minimum Gasteiger partial charge on any atom is -0.391 e. The first-order chi connectivity index (χ1) is 31.8. The molecule has 1 aromatic heterocycles. The van der Waals surface area contributed by atoms with Crippen molar-refractivity contribution >= 4 is 35.0 Å². The number of alkyl halides is 3. The van der Waals surface area contributed by atoms with Crippen molar-refractivity contribution in [2.75, 3.05) is 122 Å². The number of nitrogens with zero attached hydrogens (tertiary/aromatic N) is 5. The van der Waals surface area contributed by atoms with E-state index in [1.54, 1.807) is 11.0 Å². The van der Waals surface area contributed by atoms with Gasteiger partial charge in [-0.05, 0) is 53.8 Å². The van der Waals surface area contributed by atoms with Crippen LogP contribution in [0.5, 0.6) is 0 Å². The summed E-state index contributed by atoms with van der Waals surface area (Å²) in [7, 11) is 2.01. The van der Waals surface area contributed by atoms with Crippen LogP contribution in [0, 0.1) is 5.41 Å². The second kappa shape index (κ2) is 23.1. The van der Waals surface area contributed by atoms with Gasteiger partial charge in [0.2, 0.25) is 23.3 Å². The number of hydrogen-bond acceptors (Lipinski definition) is 12. The van der Waals surface area contributed by atoms with Gasteiger partial charge in [-0.1, -0.05) is 45.0 Å². The lowest BCUT2D eigenvalue weighted by Gasteiger charge is -2.35. The van der Waals surface area contributed by atoms with Crippen molar-refractivity contribution in [1.29, 1.82) is 0 Å². The van der Waals surface area contributed by atoms with Gasteiger partial charge in [0.15, 0.2) is 0 Å². The van der Waals surface area contributed by atoms with Crippen LogP contribution in [0.2, 0.25) is 0 Å². The third-order valence-electron chi connectivity index (χ3n) is 12.2. The number of carbonyl (C=O) groups is 4. The molecule has 366 valence electrons. The Labute approximate surface area is 388 Å². The Morgan fingerprint density at radius 3 is 2.18 bits per heavy atom. The summed E-state index contributed by atoms with van der Waals surface area (Å²) in [6.45, 7) is 14.0. The molecule has 5 N–H and O–H groups in total. The molecule has 3 fully saturated rings. The van der Waals surface area contributed by atoms with Crippen LogP contribution in [-0.2, 0) is 36.6 Å². The number of aliphatic hydroxyl groups excluding tert-OH is 1. The highest BCUT2D eigenvalue weighted by molar-refractivity contribution is 6.07. The van der Waals surface area contributed by atoms with Crippen LogP contribution in [0.1, 0.15) is 48.7 Å². The average Bonchev–Trinajstić information content (AvgIpc) is 3.73. The van der Waals surface area contributed by atoms with Gasteiger partial charge >= 0.3 is 6.18 Å². The largest absolute Gasteiger partial charge is 0.417 e. The number of nitrogens with one attached hydrogen (secondary N) is 4. The van der Waals surface area contributed by atoms with Crippen LogP contribution in [0.15, 0.2) is 59.5 Å².